The van der Waals surface area contributed by atoms with Crippen molar-refractivity contribution in [2.75, 3.05) is 0 Å². The van der Waals surface area contributed by atoms with Crippen molar-refractivity contribution >= 4 is 5.91 Å². The van der Waals surface area contributed by atoms with Crippen molar-refractivity contribution in [2.24, 2.45) is 0 Å². The third-order valence-corrected chi connectivity index (χ3v) is 5.77. The molecule has 5 nitrogen and oxygen atoms in total. The molecule has 0 saturated heterocycles. The fourth-order valence-corrected chi connectivity index (χ4v) is 4.27. The molecule has 1 N–H and O–H groups in total. The van der Waals surface area contributed by atoms with E-state index < -0.39 is 5.41 Å². The van der Waals surface area contributed by atoms with E-state index in [0.717, 1.165) is 42.6 Å². The number of imidazole rings is 1. The van der Waals surface area contributed by atoms with Crippen LogP contribution in [0.1, 0.15) is 48.8 Å². The third kappa shape index (κ3) is 3.57. The number of rotatable bonds is 5. The fourth-order valence-electron chi connectivity index (χ4n) is 4.27. The minimum atomic E-state index is -0.429. The molecular formula is C23H26N4O. The van der Waals surface area contributed by atoms with Crippen molar-refractivity contribution in [3.8, 4) is 5.82 Å². The molecule has 144 valence electrons. The molecule has 1 fully saturated rings. The summed E-state index contributed by atoms with van der Waals surface area (Å²) in [6.07, 6.45) is 12.3. The fraction of sp³-hybridized carbons (Fsp3) is 0.348. The lowest BCUT2D eigenvalue weighted by atomic mass is 9.68. The quantitative estimate of drug-likeness (QED) is 0.732. The molecule has 3 aromatic rings. The predicted molar refractivity (Wildman–Crippen MR) is 109 cm³/mol. The molecule has 1 saturated carbocycles. The van der Waals surface area contributed by atoms with Crippen molar-refractivity contribution in [2.45, 2.75) is 51.0 Å². The van der Waals surface area contributed by atoms with E-state index in [1.807, 2.05) is 22.9 Å². The Kier molecular flexibility index (Phi) is 5.24. The van der Waals surface area contributed by atoms with Crippen LogP contribution in [0, 0.1) is 6.92 Å². The van der Waals surface area contributed by atoms with Crippen LogP contribution >= 0.6 is 0 Å². The summed E-state index contributed by atoms with van der Waals surface area (Å²) < 4.78 is 1.87. The molecule has 0 unspecified atom stereocenters. The minimum absolute atomic E-state index is 0.123. The van der Waals surface area contributed by atoms with Crippen molar-refractivity contribution in [1.29, 1.82) is 0 Å². The van der Waals surface area contributed by atoms with E-state index in [1.165, 1.54) is 12.0 Å². The highest BCUT2D eigenvalue weighted by molar-refractivity contribution is 5.88. The highest BCUT2D eigenvalue weighted by Gasteiger charge is 2.41. The van der Waals surface area contributed by atoms with Crippen LogP contribution in [0.2, 0.25) is 0 Å². The number of pyridine rings is 1. The first-order valence-electron chi connectivity index (χ1n) is 9.97. The van der Waals surface area contributed by atoms with Crippen LogP contribution in [0.4, 0.5) is 0 Å². The van der Waals surface area contributed by atoms with Crippen molar-refractivity contribution in [1.82, 2.24) is 19.9 Å². The average Bonchev–Trinajstić information content (AvgIpc) is 3.27. The molecule has 0 aliphatic heterocycles. The zero-order valence-electron chi connectivity index (χ0n) is 16.3. The molecule has 0 radical (unpaired) electrons. The zero-order valence-corrected chi connectivity index (χ0v) is 16.3. The van der Waals surface area contributed by atoms with Crippen LogP contribution in [-0.4, -0.2) is 20.4 Å². The van der Waals surface area contributed by atoms with Crippen LogP contribution in [0.3, 0.4) is 0 Å². The van der Waals surface area contributed by atoms with E-state index in [-0.39, 0.29) is 5.91 Å². The molecule has 2 heterocycles. The number of carbonyl (C=O) groups is 1. The summed E-state index contributed by atoms with van der Waals surface area (Å²) in [7, 11) is 0. The lowest BCUT2D eigenvalue weighted by Gasteiger charge is -2.36. The van der Waals surface area contributed by atoms with Gasteiger partial charge in [0.15, 0.2) is 0 Å². The lowest BCUT2D eigenvalue weighted by Crippen LogP contribution is -2.45. The van der Waals surface area contributed by atoms with Gasteiger partial charge in [-0.15, -0.1) is 0 Å². The van der Waals surface area contributed by atoms with Crippen LogP contribution in [0.5, 0.6) is 0 Å². The zero-order chi connectivity index (χ0) is 19.4. The number of aromatic nitrogens is 3. The van der Waals surface area contributed by atoms with Gasteiger partial charge in [-0.2, -0.15) is 0 Å². The number of benzene rings is 1. The van der Waals surface area contributed by atoms with Gasteiger partial charge in [0, 0.05) is 30.7 Å². The second-order valence-electron chi connectivity index (χ2n) is 7.65. The maximum atomic E-state index is 13.5. The topological polar surface area (TPSA) is 59.8 Å². The maximum absolute atomic E-state index is 13.5. The second kappa shape index (κ2) is 7.97. The Hall–Kier alpha value is -2.95. The van der Waals surface area contributed by atoms with Crippen molar-refractivity contribution in [3.63, 3.8) is 0 Å². The molecule has 4 rings (SSSR count). The first-order chi connectivity index (χ1) is 13.7. The molecule has 1 amide bonds. The Morgan fingerprint density at radius 3 is 2.75 bits per heavy atom. The number of nitrogens with one attached hydrogen (secondary N) is 1. The Morgan fingerprint density at radius 1 is 1.14 bits per heavy atom. The van der Waals surface area contributed by atoms with Gasteiger partial charge in [0.1, 0.15) is 12.1 Å². The predicted octanol–water partition coefficient (Wildman–Crippen LogP) is 4.09. The third-order valence-electron chi connectivity index (χ3n) is 5.77. The molecule has 1 aliphatic carbocycles. The maximum Gasteiger partial charge on any atom is 0.230 e. The second-order valence-corrected chi connectivity index (χ2v) is 7.65. The summed E-state index contributed by atoms with van der Waals surface area (Å²) in [5.41, 5.74) is 2.89. The molecule has 1 aliphatic rings. The molecule has 0 spiro atoms. The summed E-state index contributed by atoms with van der Waals surface area (Å²) in [4.78, 5) is 22.0. The summed E-state index contributed by atoms with van der Waals surface area (Å²) in [5, 5.41) is 3.22. The van der Waals surface area contributed by atoms with Gasteiger partial charge in [-0.3, -0.25) is 9.36 Å². The molecule has 5 heteroatoms. The molecule has 0 bridgehead atoms. The number of hydrogen-bond donors (Lipinski definition) is 1. The van der Waals surface area contributed by atoms with Gasteiger partial charge in [-0.1, -0.05) is 55.2 Å². The molecule has 28 heavy (non-hydrogen) atoms. The largest absolute Gasteiger partial charge is 0.351 e. The van der Waals surface area contributed by atoms with E-state index in [0.29, 0.717) is 6.54 Å². The van der Waals surface area contributed by atoms with Crippen LogP contribution < -0.4 is 5.32 Å². The average molecular weight is 374 g/mol. The van der Waals surface area contributed by atoms with Crippen LogP contribution in [0.15, 0.2) is 61.3 Å². The highest BCUT2D eigenvalue weighted by Crippen LogP contribution is 2.40. The number of aryl methyl sites for hydroxylation is 1. The highest BCUT2D eigenvalue weighted by atomic mass is 16.2. The Balaban J connectivity index is 1.58. The standard InChI is InChI=1S/C23H26N4O/c1-18-7-5-9-20(15-18)23(10-3-2-4-11-23)22(28)26-16-19-8-6-12-25-21(19)27-14-13-24-17-27/h5-9,12-15,17H,2-4,10-11,16H2,1H3,(H,26,28). The van der Waals surface area contributed by atoms with E-state index in [2.05, 4.69) is 46.5 Å². The van der Waals surface area contributed by atoms with Crippen molar-refractivity contribution < 1.29 is 4.79 Å². The van der Waals surface area contributed by atoms with Gasteiger partial charge >= 0.3 is 0 Å². The minimum Gasteiger partial charge on any atom is -0.351 e. The lowest BCUT2D eigenvalue weighted by molar-refractivity contribution is -0.128. The Labute approximate surface area is 165 Å². The normalized spacial score (nSPS) is 15.9. The first-order valence-corrected chi connectivity index (χ1v) is 9.97. The first kappa shape index (κ1) is 18.4. The van der Waals surface area contributed by atoms with Gasteiger partial charge in [-0.25, -0.2) is 9.97 Å². The van der Waals surface area contributed by atoms with E-state index in [1.54, 1.807) is 18.7 Å². The SMILES string of the molecule is Cc1cccc(C2(C(=O)NCc3cccnc3-n3ccnc3)CCCCC2)c1. The van der Waals surface area contributed by atoms with Gasteiger partial charge in [-0.05, 0) is 31.4 Å². The molecule has 2 aromatic heterocycles. The summed E-state index contributed by atoms with van der Waals surface area (Å²) in [5.74, 6) is 0.923. The Bertz CT molecular complexity index is 943. The van der Waals surface area contributed by atoms with E-state index in [4.69, 9.17) is 0 Å². The Morgan fingerprint density at radius 2 is 2.00 bits per heavy atom. The van der Waals surface area contributed by atoms with E-state index >= 15 is 0 Å². The number of hydrogen-bond acceptors (Lipinski definition) is 3. The monoisotopic (exact) mass is 374 g/mol. The molecular weight excluding hydrogens is 348 g/mol. The van der Waals surface area contributed by atoms with Gasteiger partial charge < -0.3 is 5.32 Å². The smallest absolute Gasteiger partial charge is 0.230 e. The van der Waals surface area contributed by atoms with Crippen molar-refractivity contribution in [3.05, 3.63) is 78.0 Å². The summed E-state index contributed by atoms with van der Waals surface area (Å²) >= 11 is 0. The summed E-state index contributed by atoms with van der Waals surface area (Å²) in [6.45, 7) is 2.54. The van der Waals surface area contributed by atoms with E-state index in [9.17, 15) is 4.79 Å². The summed E-state index contributed by atoms with van der Waals surface area (Å²) in [6, 6.07) is 12.3. The van der Waals surface area contributed by atoms with Gasteiger partial charge in [0.25, 0.3) is 0 Å². The van der Waals surface area contributed by atoms with Crippen LogP contribution in [0.25, 0.3) is 5.82 Å². The number of amides is 1. The van der Waals surface area contributed by atoms with Gasteiger partial charge in [0.05, 0.1) is 5.41 Å². The molecule has 0 atom stereocenters. The van der Waals surface area contributed by atoms with Gasteiger partial charge in [0.2, 0.25) is 5.91 Å². The number of nitrogens with zero attached hydrogens (tertiary/aromatic N) is 3. The number of carbonyl (C=O) groups excluding carboxylic acids is 1. The van der Waals surface area contributed by atoms with Crippen LogP contribution in [-0.2, 0) is 16.8 Å². The molecule has 1 aromatic carbocycles.